The van der Waals surface area contributed by atoms with E-state index in [1.165, 1.54) is 30.5 Å². The summed E-state index contributed by atoms with van der Waals surface area (Å²) in [7, 11) is 0. The first-order valence-electron chi connectivity index (χ1n) is 14.2. The SMILES string of the molecule is C/C=C\CC1CCC(c2ccc(-c3ccc(-c4cc(F)c(C(F)(F)Oc5cc(F)c(F)c(F)c5)c(F)c4)c(F)c3)cc2)CC1. The number of rotatable bonds is 8. The molecule has 0 N–H and O–H groups in total. The van der Waals surface area contributed by atoms with Gasteiger partial charge in [-0.05, 0) is 91.3 Å². The minimum atomic E-state index is -4.75. The van der Waals surface area contributed by atoms with Crippen molar-refractivity contribution in [2.24, 2.45) is 5.92 Å². The highest BCUT2D eigenvalue weighted by Gasteiger charge is 2.41. The van der Waals surface area contributed by atoms with Crippen LogP contribution in [0.3, 0.4) is 0 Å². The Kier molecular flexibility index (Phi) is 9.13. The van der Waals surface area contributed by atoms with Crippen LogP contribution in [0.15, 0.2) is 78.9 Å². The first kappa shape index (κ1) is 31.3. The molecule has 9 heteroatoms. The van der Waals surface area contributed by atoms with Crippen LogP contribution in [0.25, 0.3) is 22.3 Å². The third kappa shape index (κ3) is 6.66. The van der Waals surface area contributed by atoms with E-state index in [4.69, 9.17) is 0 Å². The lowest BCUT2D eigenvalue weighted by atomic mass is 9.77. The van der Waals surface area contributed by atoms with Crippen molar-refractivity contribution in [1.82, 2.24) is 0 Å². The maximum absolute atomic E-state index is 15.2. The second-order valence-electron chi connectivity index (χ2n) is 11.0. The molecule has 1 nitrogen and oxygen atoms in total. The van der Waals surface area contributed by atoms with Crippen molar-refractivity contribution >= 4 is 0 Å². The van der Waals surface area contributed by atoms with Crippen LogP contribution >= 0.6 is 0 Å². The summed E-state index contributed by atoms with van der Waals surface area (Å²) >= 11 is 0. The zero-order chi connectivity index (χ0) is 31.6. The molecule has 4 aromatic carbocycles. The van der Waals surface area contributed by atoms with E-state index in [0.29, 0.717) is 29.5 Å². The maximum atomic E-state index is 15.2. The fraction of sp³-hybridized carbons (Fsp3) is 0.257. The molecule has 0 aliphatic heterocycles. The second-order valence-corrected chi connectivity index (χ2v) is 11.0. The maximum Gasteiger partial charge on any atom is 0.432 e. The fourth-order valence-corrected chi connectivity index (χ4v) is 5.73. The predicted octanol–water partition coefficient (Wildman–Crippen LogP) is 11.2. The quantitative estimate of drug-likeness (QED) is 0.109. The van der Waals surface area contributed by atoms with Crippen LogP contribution in [-0.4, -0.2) is 0 Å². The molecule has 44 heavy (non-hydrogen) atoms. The van der Waals surface area contributed by atoms with E-state index in [1.807, 2.05) is 31.2 Å². The molecule has 0 amide bonds. The highest BCUT2D eigenvalue weighted by Crippen LogP contribution is 2.40. The van der Waals surface area contributed by atoms with E-state index in [1.54, 1.807) is 6.07 Å². The Morgan fingerprint density at radius 1 is 0.682 bits per heavy atom. The summed E-state index contributed by atoms with van der Waals surface area (Å²) < 4.78 is 118. The molecule has 0 radical (unpaired) electrons. The Balaban J connectivity index is 1.32. The third-order valence-electron chi connectivity index (χ3n) is 8.08. The molecule has 0 unspecified atom stereocenters. The van der Waals surface area contributed by atoms with Gasteiger partial charge in [-0.1, -0.05) is 48.6 Å². The van der Waals surface area contributed by atoms with Gasteiger partial charge in [-0.15, -0.1) is 0 Å². The van der Waals surface area contributed by atoms with E-state index in [9.17, 15) is 30.7 Å². The van der Waals surface area contributed by atoms with Gasteiger partial charge in [0.2, 0.25) is 0 Å². The summed E-state index contributed by atoms with van der Waals surface area (Å²) in [6, 6.07) is 13.1. The Labute approximate surface area is 249 Å². The minimum absolute atomic E-state index is 0.110. The van der Waals surface area contributed by atoms with Gasteiger partial charge in [0.15, 0.2) is 17.5 Å². The first-order valence-corrected chi connectivity index (χ1v) is 14.2. The first-order chi connectivity index (χ1) is 21.0. The zero-order valence-corrected chi connectivity index (χ0v) is 23.6. The second kappa shape index (κ2) is 12.8. The van der Waals surface area contributed by atoms with Crippen LogP contribution in [0.2, 0.25) is 0 Å². The van der Waals surface area contributed by atoms with Gasteiger partial charge in [-0.2, -0.15) is 8.78 Å². The number of hydrogen-bond acceptors (Lipinski definition) is 1. The highest BCUT2D eigenvalue weighted by molar-refractivity contribution is 5.71. The van der Waals surface area contributed by atoms with Gasteiger partial charge in [0.05, 0.1) is 0 Å². The summed E-state index contributed by atoms with van der Waals surface area (Å²) in [5.41, 5.74) is 0.00838. The molecule has 0 saturated heterocycles. The molecule has 0 atom stereocenters. The molecule has 0 aromatic heterocycles. The van der Waals surface area contributed by atoms with Crippen molar-refractivity contribution < 1.29 is 39.9 Å². The minimum Gasteiger partial charge on any atom is -0.429 e. The van der Waals surface area contributed by atoms with Crippen molar-refractivity contribution in [2.75, 3.05) is 0 Å². The Morgan fingerprint density at radius 3 is 1.82 bits per heavy atom. The summed E-state index contributed by atoms with van der Waals surface area (Å²) in [6.45, 7) is 2.03. The van der Waals surface area contributed by atoms with Crippen molar-refractivity contribution in [3.05, 3.63) is 125 Å². The molecule has 1 saturated carbocycles. The van der Waals surface area contributed by atoms with Gasteiger partial charge in [0.25, 0.3) is 0 Å². The van der Waals surface area contributed by atoms with Crippen LogP contribution in [-0.2, 0) is 6.11 Å². The molecule has 4 aromatic rings. The van der Waals surface area contributed by atoms with Gasteiger partial charge in [-0.25, -0.2) is 26.3 Å². The van der Waals surface area contributed by atoms with Crippen LogP contribution in [0.5, 0.6) is 5.75 Å². The summed E-state index contributed by atoms with van der Waals surface area (Å²) in [6.07, 6.45) is 5.22. The van der Waals surface area contributed by atoms with Crippen LogP contribution in [0.4, 0.5) is 35.1 Å². The number of halogens is 8. The van der Waals surface area contributed by atoms with Crippen LogP contribution < -0.4 is 4.74 Å². The molecule has 1 fully saturated rings. The van der Waals surface area contributed by atoms with E-state index in [0.717, 1.165) is 24.8 Å². The van der Waals surface area contributed by atoms with Crippen molar-refractivity contribution in [2.45, 2.75) is 51.1 Å². The molecule has 1 aliphatic rings. The summed E-state index contributed by atoms with van der Waals surface area (Å²) in [5.74, 6) is -10.0. The number of allylic oxidation sites excluding steroid dienone is 2. The molecular formula is C35H28F8O. The van der Waals surface area contributed by atoms with Gasteiger partial charge >= 0.3 is 6.11 Å². The van der Waals surface area contributed by atoms with Gasteiger partial charge in [0.1, 0.15) is 28.8 Å². The topological polar surface area (TPSA) is 9.23 Å². The molecule has 0 spiro atoms. The largest absolute Gasteiger partial charge is 0.432 e. The van der Waals surface area contributed by atoms with Gasteiger partial charge < -0.3 is 4.74 Å². The highest BCUT2D eigenvalue weighted by atomic mass is 19.3. The van der Waals surface area contributed by atoms with E-state index >= 15 is 4.39 Å². The number of alkyl halides is 2. The number of ether oxygens (including phenoxy) is 1. The molecular weight excluding hydrogens is 588 g/mol. The summed E-state index contributed by atoms with van der Waals surface area (Å²) in [4.78, 5) is 0. The Hall–Kier alpha value is -4.14. The van der Waals surface area contributed by atoms with E-state index < -0.39 is 52.3 Å². The standard InChI is InChI=1S/C35H28F8O/c1-2-3-4-20-5-7-21(8-6-20)22-9-11-23(12-10-22)24-13-14-27(28(36)15-24)25-16-29(37)33(30(38)17-25)35(42,43)44-26-18-31(39)34(41)32(40)19-26/h2-3,9-21H,4-8H2,1H3/b3-2-. The lowest BCUT2D eigenvalue weighted by Crippen LogP contribution is -2.25. The van der Waals surface area contributed by atoms with Crippen molar-refractivity contribution in [3.8, 4) is 28.0 Å². The molecule has 5 rings (SSSR count). The lowest BCUT2D eigenvalue weighted by molar-refractivity contribution is -0.189. The molecule has 1 aliphatic carbocycles. The van der Waals surface area contributed by atoms with Crippen molar-refractivity contribution in [1.29, 1.82) is 0 Å². The average Bonchev–Trinajstić information content (AvgIpc) is 2.98. The number of hydrogen-bond donors (Lipinski definition) is 0. The lowest BCUT2D eigenvalue weighted by Gasteiger charge is -2.28. The summed E-state index contributed by atoms with van der Waals surface area (Å²) in [5, 5.41) is 0. The third-order valence-corrected chi connectivity index (χ3v) is 8.08. The van der Waals surface area contributed by atoms with Crippen LogP contribution in [0.1, 0.15) is 56.1 Å². The van der Waals surface area contributed by atoms with Crippen LogP contribution in [0, 0.1) is 40.8 Å². The fourth-order valence-electron chi connectivity index (χ4n) is 5.73. The molecule has 0 bridgehead atoms. The van der Waals surface area contributed by atoms with E-state index in [-0.39, 0.29) is 23.3 Å². The zero-order valence-electron chi connectivity index (χ0n) is 23.6. The smallest absolute Gasteiger partial charge is 0.429 e. The Bertz CT molecular complexity index is 1630. The monoisotopic (exact) mass is 616 g/mol. The van der Waals surface area contributed by atoms with Crippen molar-refractivity contribution in [3.63, 3.8) is 0 Å². The molecule has 230 valence electrons. The van der Waals surface area contributed by atoms with Gasteiger partial charge in [0, 0.05) is 17.7 Å². The average molecular weight is 617 g/mol. The predicted molar refractivity (Wildman–Crippen MR) is 152 cm³/mol. The normalized spacial score (nSPS) is 17.3. The molecule has 0 heterocycles. The van der Waals surface area contributed by atoms with E-state index in [2.05, 4.69) is 16.9 Å². The Morgan fingerprint density at radius 2 is 1.25 bits per heavy atom. The number of benzene rings is 4. The van der Waals surface area contributed by atoms with Gasteiger partial charge in [-0.3, -0.25) is 0 Å².